The van der Waals surface area contributed by atoms with E-state index < -0.39 is 0 Å². The van der Waals surface area contributed by atoms with Crippen LogP contribution in [0.4, 0.5) is 5.69 Å². The molecule has 0 bridgehead atoms. The van der Waals surface area contributed by atoms with Gasteiger partial charge in [0.2, 0.25) is 5.91 Å². The zero-order valence-electron chi connectivity index (χ0n) is 14.0. The van der Waals surface area contributed by atoms with Crippen molar-refractivity contribution in [2.24, 2.45) is 0 Å². The van der Waals surface area contributed by atoms with E-state index >= 15 is 0 Å². The molecule has 1 aliphatic rings. The van der Waals surface area contributed by atoms with E-state index in [9.17, 15) is 4.79 Å². The van der Waals surface area contributed by atoms with Crippen molar-refractivity contribution in [2.75, 3.05) is 11.9 Å². The van der Waals surface area contributed by atoms with Crippen LogP contribution in [-0.4, -0.2) is 28.4 Å². The van der Waals surface area contributed by atoms with Gasteiger partial charge < -0.3 is 10.1 Å². The predicted molar refractivity (Wildman–Crippen MR) is 97.5 cm³/mol. The number of carbonyl (C=O) groups excluding carboxylic acids is 1. The summed E-state index contributed by atoms with van der Waals surface area (Å²) < 4.78 is 7.45. The molecule has 1 amide bonds. The number of nitrogens with one attached hydrogen (secondary N) is 1. The van der Waals surface area contributed by atoms with Gasteiger partial charge in [0.1, 0.15) is 0 Å². The summed E-state index contributed by atoms with van der Waals surface area (Å²) in [4.78, 5) is 12.3. The highest BCUT2D eigenvalue weighted by molar-refractivity contribution is 5.93. The third-order valence-electron chi connectivity index (χ3n) is 4.51. The second-order valence-corrected chi connectivity index (χ2v) is 6.49. The van der Waals surface area contributed by atoms with Crippen LogP contribution in [-0.2, 0) is 22.5 Å². The third-order valence-corrected chi connectivity index (χ3v) is 4.51. The Hall–Kier alpha value is -2.66. The Balaban J connectivity index is 1.37. The molecule has 0 saturated carbocycles. The van der Waals surface area contributed by atoms with Crippen molar-refractivity contribution in [3.8, 4) is 0 Å². The number of hydrogen-bond donors (Lipinski definition) is 1. The highest BCUT2D eigenvalue weighted by atomic mass is 16.5. The maximum Gasteiger partial charge on any atom is 0.228 e. The molecule has 0 spiro atoms. The minimum Gasteiger partial charge on any atom is -0.376 e. The third kappa shape index (κ3) is 3.88. The number of nitrogens with zero attached hydrogens (tertiary/aromatic N) is 2. The number of amides is 1. The largest absolute Gasteiger partial charge is 0.376 e. The van der Waals surface area contributed by atoms with Crippen LogP contribution in [0.5, 0.6) is 0 Å². The van der Waals surface area contributed by atoms with E-state index in [-0.39, 0.29) is 12.0 Å². The number of ether oxygens (including phenoxy) is 1. The fourth-order valence-corrected chi connectivity index (χ4v) is 3.26. The predicted octanol–water partition coefficient (Wildman–Crippen LogP) is 3.40. The molecule has 1 atom stereocenters. The number of benzene rings is 2. The Morgan fingerprint density at radius 2 is 2.12 bits per heavy atom. The lowest BCUT2D eigenvalue weighted by molar-refractivity contribution is -0.115. The molecule has 2 heterocycles. The van der Waals surface area contributed by atoms with E-state index in [0.717, 1.165) is 42.6 Å². The molecule has 4 rings (SSSR count). The topological polar surface area (TPSA) is 56.2 Å². The summed E-state index contributed by atoms with van der Waals surface area (Å²) in [5, 5.41) is 9.56. The van der Waals surface area contributed by atoms with Gasteiger partial charge in [0.15, 0.2) is 0 Å². The first-order valence-corrected chi connectivity index (χ1v) is 8.68. The number of aromatic nitrogens is 2. The highest BCUT2D eigenvalue weighted by Gasteiger charge is 2.16. The average molecular weight is 335 g/mol. The minimum absolute atomic E-state index is 0.0352. The standard InChI is InChI=1S/C20H21N3O2/c24-20(11-15-7-8-16-4-1-2-5-17(16)10-15)22-18-12-21-23(13-18)14-19-6-3-9-25-19/h1-2,4-5,7-8,10,12-13,19H,3,6,9,11,14H2,(H,22,24)/t19-/m0/s1. The summed E-state index contributed by atoms with van der Waals surface area (Å²) in [7, 11) is 0. The van der Waals surface area contributed by atoms with Gasteiger partial charge in [-0.05, 0) is 29.2 Å². The van der Waals surface area contributed by atoms with Crippen LogP contribution in [0.1, 0.15) is 18.4 Å². The lowest BCUT2D eigenvalue weighted by Gasteiger charge is -2.08. The summed E-state index contributed by atoms with van der Waals surface area (Å²) in [5.41, 5.74) is 1.73. The van der Waals surface area contributed by atoms with Crippen molar-refractivity contribution in [3.63, 3.8) is 0 Å². The van der Waals surface area contributed by atoms with Crippen LogP contribution >= 0.6 is 0 Å². The molecule has 2 aromatic carbocycles. The normalized spacial score (nSPS) is 17.0. The molecule has 5 heteroatoms. The molecule has 0 unspecified atom stereocenters. The number of carbonyl (C=O) groups is 1. The summed E-state index contributed by atoms with van der Waals surface area (Å²) >= 11 is 0. The highest BCUT2D eigenvalue weighted by Crippen LogP contribution is 2.17. The quantitative estimate of drug-likeness (QED) is 0.777. The lowest BCUT2D eigenvalue weighted by Crippen LogP contribution is -2.15. The van der Waals surface area contributed by atoms with Crippen LogP contribution in [0.25, 0.3) is 10.8 Å². The van der Waals surface area contributed by atoms with Gasteiger partial charge >= 0.3 is 0 Å². The number of anilines is 1. The Labute approximate surface area is 146 Å². The van der Waals surface area contributed by atoms with Crippen molar-refractivity contribution in [1.82, 2.24) is 9.78 Å². The summed E-state index contributed by atoms with van der Waals surface area (Å²) in [6.07, 6.45) is 6.32. The van der Waals surface area contributed by atoms with Gasteiger partial charge in [-0.2, -0.15) is 5.10 Å². The second-order valence-electron chi connectivity index (χ2n) is 6.49. The monoisotopic (exact) mass is 335 g/mol. The zero-order chi connectivity index (χ0) is 17.1. The van der Waals surface area contributed by atoms with Crippen LogP contribution in [0.3, 0.4) is 0 Å². The van der Waals surface area contributed by atoms with Gasteiger partial charge in [0.05, 0.1) is 31.0 Å². The van der Waals surface area contributed by atoms with Crippen molar-refractivity contribution < 1.29 is 9.53 Å². The second kappa shape index (κ2) is 7.07. The van der Waals surface area contributed by atoms with Gasteiger partial charge in [-0.25, -0.2) is 0 Å². The van der Waals surface area contributed by atoms with Crippen molar-refractivity contribution in [3.05, 3.63) is 60.4 Å². The summed E-state index contributed by atoms with van der Waals surface area (Å²) in [6, 6.07) is 14.3. The maximum absolute atomic E-state index is 12.3. The first-order chi connectivity index (χ1) is 12.3. The first kappa shape index (κ1) is 15.8. The van der Waals surface area contributed by atoms with Crippen LogP contribution in [0.15, 0.2) is 54.9 Å². The first-order valence-electron chi connectivity index (χ1n) is 8.68. The van der Waals surface area contributed by atoms with Gasteiger partial charge in [-0.15, -0.1) is 0 Å². The number of rotatable bonds is 5. The summed E-state index contributed by atoms with van der Waals surface area (Å²) in [5.74, 6) is -0.0352. The van der Waals surface area contributed by atoms with Crippen LogP contribution in [0, 0.1) is 0 Å². The fraction of sp³-hybridized carbons (Fsp3) is 0.300. The van der Waals surface area contributed by atoms with Crippen LogP contribution in [0.2, 0.25) is 0 Å². The molecule has 1 aromatic heterocycles. The molecule has 0 aliphatic carbocycles. The van der Waals surface area contributed by atoms with Gasteiger partial charge in [0, 0.05) is 12.8 Å². The van der Waals surface area contributed by atoms with E-state index in [0.29, 0.717) is 6.42 Å². The lowest BCUT2D eigenvalue weighted by atomic mass is 10.0. The molecular formula is C20H21N3O2. The molecule has 1 fully saturated rings. The van der Waals surface area contributed by atoms with Crippen LogP contribution < -0.4 is 5.32 Å². The molecule has 1 saturated heterocycles. The fourth-order valence-electron chi connectivity index (χ4n) is 3.26. The van der Waals surface area contributed by atoms with Crippen molar-refractivity contribution >= 4 is 22.4 Å². The van der Waals surface area contributed by atoms with Crippen molar-refractivity contribution in [1.29, 1.82) is 0 Å². The van der Waals surface area contributed by atoms with Gasteiger partial charge in [-0.3, -0.25) is 9.48 Å². The molecule has 0 radical (unpaired) electrons. The van der Waals surface area contributed by atoms with Crippen molar-refractivity contribution in [2.45, 2.75) is 31.9 Å². The Kier molecular flexibility index (Phi) is 4.48. The summed E-state index contributed by atoms with van der Waals surface area (Å²) in [6.45, 7) is 1.57. The van der Waals surface area contributed by atoms with E-state index in [4.69, 9.17) is 4.74 Å². The van der Waals surface area contributed by atoms with E-state index in [1.165, 1.54) is 5.39 Å². The van der Waals surface area contributed by atoms with E-state index in [2.05, 4.69) is 34.7 Å². The zero-order valence-corrected chi connectivity index (χ0v) is 14.0. The molecule has 3 aromatic rings. The smallest absolute Gasteiger partial charge is 0.228 e. The maximum atomic E-state index is 12.3. The van der Waals surface area contributed by atoms with Gasteiger partial charge in [-0.1, -0.05) is 42.5 Å². The molecule has 1 N–H and O–H groups in total. The molecule has 5 nitrogen and oxygen atoms in total. The number of fused-ring (bicyclic) bond motifs is 1. The van der Waals surface area contributed by atoms with E-state index in [1.54, 1.807) is 6.20 Å². The Morgan fingerprint density at radius 3 is 2.96 bits per heavy atom. The molecule has 25 heavy (non-hydrogen) atoms. The van der Waals surface area contributed by atoms with E-state index in [1.807, 2.05) is 29.1 Å². The molecule has 1 aliphatic heterocycles. The average Bonchev–Trinajstić information content (AvgIpc) is 3.27. The minimum atomic E-state index is -0.0352. The molecular weight excluding hydrogens is 314 g/mol. The SMILES string of the molecule is O=C(Cc1ccc2ccccc2c1)Nc1cnn(C[C@@H]2CCCO2)c1. The Morgan fingerprint density at radius 1 is 1.24 bits per heavy atom. The van der Waals surface area contributed by atoms with Gasteiger partial charge in [0.25, 0.3) is 0 Å². The molecule has 128 valence electrons. The Bertz CT molecular complexity index is 881. The number of hydrogen-bond acceptors (Lipinski definition) is 3.